The predicted octanol–water partition coefficient (Wildman–Crippen LogP) is 2.87. The van der Waals surface area contributed by atoms with E-state index in [4.69, 9.17) is 30.8 Å². The van der Waals surface area contributed by atoms with Crippen molar-refractivity contribution in [1.29, 1.82) is 0 Å². The summed E-state index contributed by atoms with van der Waals surface area (Å²) in [6.07, 6.45) is 4.16. The second-order valence-corrected chi connectivity index (χ2v) is 10.9. The number of thioether (sulfide) groups is 1. The number of hydrazone groups is 1. The Morgan fingerprint density at radius 1 is 0.976 bits per heavy atom. The minimum absolute atomic E-state index is 0.138. The van der Waals surface area contributed by atoms with Gasteiger partial charge in [-0.3, -0.25) is 15.4 Å². The highest BCUT2D eigenvalue weighted by Gasteiger charge is 2.45. The molecule has 0 saturated heterocycles. The summed E-state index contributed by atoms with van der Waals surface area (Å²) in [6, 6.07) is 13.2. The van der Waals surface area contributed by atoms with Crippen LogP contribution in [0.15, 0.2) is 75.0 Å². The van der Waals surface area contributed by atoms with Crippen molar-refractivity contribution in [3.63, 3.8) is 0 Å². The first-order valence-corrected chi connectivity index (χ1v) is 14.4. The molecule has 1 aliphatic heterocycles. The third-order valence-electron chi connectivity index (χ3n) is 5.91. The van der Waals surface area contributed by atoms with Gasteiger partial charge in [0.15, 0.2) is 21.6 Å². The summed E-state index contributed by atoms with van der Waals surface area (Å²) in [5.41, 5.74) is 18.3. The molecule has 1 unspecified atom stereocenters. The average Bonchev–Trinajstić information content (AvgIpc) is 3.79. The van der Waals surface area contributed by atoms with Gasteiger partial charge in [0.1, 0.15) is 0 Å². The molecule has 4 aromatic rings. The number of ether oxygens (including phenoxy) is 1. The van der Waals surface area contributed by atoms with Crippen LogP contribution in [-0.4, -0.2) is 63.5 Å². The maximum atomic E-state index is 13.6. The number of amides is 1. The van der Waals surface area contributed by atoms with Crippen molar-refractivity contribution in [2.24, 2.45) is 22.3 Å². The first-order valence-electron chi connectivity index (χ1n) is 12.7. The molecule has 3 aromatic heterocycles. The largest absolute Gasteiger partial charge is 0.462 e. The highest BCUT2D eigenvalue weighted by atomic mass is 32.2. The minimum Gasteiger partial charge on any atom is -0.462 e. The second-order valence-electron chi connectivity index (χ2n) is 8.82. The number of furan rings is 2. The van der Waals surface area contributed by atoms with Gasteiger partial charge in [0, 0.05) is 18.7 Å². The number of esters is 1. The molecule has 13 nitrogen and oxygen atoms in total. The summed E-state index contributed by atoms with van der Waals surface area (Å²) in [4.78, 5) is 28.5. The number of anilines is 1. The van der Waals surface area contributed by atoms with Crippen molar-refractivity contribution in [3.8, 4) is 10.8 Å². The van der Waals surface area contributed by atoms with Crippen LogP contribution >= 0.6 is 23.1 Å². The molecule has 15 heteroatoms. The second kappa shape index (κ2) is 12.7. The number of nitrogens with zero attached hydrogens (tertiary/aromatic N) is 5. The van der Waals surface area contributed by atoms with Crippen LogP contribution < -0.4 is 22.1 Å². The van der Waals surface area contributed by atoms with E-state index < -0.39 is 11.2 Å². The molecule has 1 aromatic carbocycles. The molecule has 0 aliphatic carbocycles. The fourth-order valence-corrected chi connectivity index (χ4v) is 5.72. The normalized spacial score (nSPS) is 16.6. The van der Waals surface area contributed by atoms with Crippen molar-refractivity contribution in [2.45, 2.75) is 18.0 Å². The molecule has 4 heterocycles. The van der Waals surface area contributed by atoms with Crippen molar-refractivity contribution >= 4 is 45.2 Å². The van der Waals surface area contributed by atoms with Crippen molar-refractivity contribution in [3.05, 3.63) is 77.9 Å². The number of carbonyl (C=O) groups excluding carboxylic acids is 2. The van der Waals surface area contributed by atoms with E-state index in [1.54, 1.807) is 42.5 Å². The van der Waals surface area contributed by atoms with Gasteiger partial charge >= 0.3 is 11.2 Å². The molecule has 6 N–H and O–H groups in total. The lowest BCUT2D eigenvalue weighted by Crippen LogP contribution is -2.52. The van der Waals surface area contributed by atoms with Crippen LogP contribution in [0.5, 0.6) is 0 Å². The third-order valence-corrected chi connectivity index (χ3v) is 7.94. The van der Waals surface area contributed by atoms with E-state index in [1.165, 1.54) is 39.8 Å². The van der Waals surface area contributed by atoms with Crippen LogP contribution in [0, 0.1) is 0 Å². The fourth-order valence-electron chi connectivity index (χ4n) is 3.90. The number of hydrogen-bond donors (Lipinski definition) is 3. The van der Waals surface area contributed by atoms with Crippen LogP contribution in [0.1, 0.15) is 39.3 Å². The smallest absolute Gasteiger partial charge is 0.341 e. The molecule has 0 radical (unpaired) electrons. The Morgan fingerprint density at radius 2 is 1.71 bits per heavy atom. The van der Waals surface area contributed by atoms with Gasteiger partial charge in [0.05, 0.1) is 18.1 Å². The van der Waals surface area contributed by atoms with Crippen molar-refractivity contribution < 1.29 is 23.2 Å². The highest BCUT2D eigenvalue weighted by molar-refractivity contribution is 8.15. The van der Waals surface area contributed by atoms with Gasteiger partial charge in [-0.15, -0.1) is 10.2 Å². The van der Waals surface area contributed by atoms with Crippen molar-refractivity contribution in [1.82, 2.24) is 15.2 Å². The quantitative estimate of drug-likeness (QED) is 0.160. The number of rotatable bonds is 12. The zero-order valence-corrected chi connectivity index (χ0v) is 23.5. The molecule has 0 bridgehead atoms. The summed E-state index contributed by atoms with van der Waals surface area (Å²) < 4.78 is 16.6. The van der Waals surface area contributed by atoms with E-state index in [9.17, 15) is 9.59 Å². The first kappa shape index (κ1) is 28.5. The SMILES string of the molecule is NCCCN(C(=O)c1cccc(C(=O)OC2(N)SC(c3ccco3)=NN2CCCN)c1)c1nnc(-c2ccco2)s1. The summed E-state index contributed by atoms with van der Waals surface area (Å²) in [5.74, 6) is -0.0631. The van der Waals surface area contributed by atoms with E-state index in [-0.39, 0.29) is 17.0 Å². The molecular weight excluding hydrogens is 568 g/mol. The zero-order valence-electron chi connectivity index (χ0n) is 21.8. The molecular formula is C26H28N8O5S2. The number of aromatic nitrogens is 2. The van der Waals surface area contributed by atoms with Crippen LogP contribution in [0.25, 0.3) is 10.8 Å². The Bertz CT molecular complexity index is 1510. The van der Waals surface area contributed by atoms with Gasteiger partial charge in [-0.1, -0.05) is 17.4 Å². The van der Waals surface area contributed by atoms with Crippen LogP contribution in [0.4, 0.5) is 5.13 Å². The lowest BCUT2D eigenvalue weighted by Gasteiger charge is -2.31. The molecule has 0 fully saturated rings. The molecule has 1 amide bonds. The number of carbonyl (C=O) groups is 2. The van der Waals surface area contributed by atoms with E-state index in [0.29, 0.717) is 65.7 Å². The molecule has 214 valence electrons. The monoisotopic (exact) mass is 596 g/mol. The molecule has 1 atom stereocenters. The topological polar surface area (TPSA) is 192 Å². The maximum absolute atomic E-state index is 13.6. The molecule has 5 rings (SSSR count). The molecule has 0 spiro atoms. The predicted molar refractivity (Wildman–Crippen MR) is 155 cm³/mol. The standard InChI is InChI=1S/C26H28N8O5S2/c27-10-4-12-33(25-31-30-21(40-25)19-8-2-14-37-19)23(35)17-6-1-7-18(16-17)24(36)39-26(29)34(13-5-11-28)32-22(41-26)20-9-3-15-38-20/h1-3,6-9,14-16H,4-5,10-13,27-29H2. The van der Waals surface area contributed by atoms with Crippen LogP contribution in [0.2, 0.25) is 0 Å². The van der Waals surface area contributed by atoms with Gasteiger partial charge in [-0.05, 0) is 80.2 Å². The number of benzene rings is 1. The Balaban J connectivity index is 1.35. The van der Waals surface area contributed by atoms with E-state index in [1.807, 2.05) is 0 Å². The Labute approximate surface area is 243 Å². The molecule has 0 saturated carbocycles. The van der Waals surface area contributed by atoms with E-state index in [2.05, 4.69) is 15.3 Å². The summed E-state index contributed by atoms with van der Waals surface area (Å²) in [5, 5.41) is 14.0. The van der Waals surface area contributed by atoms with Gasteiger partial charge in [-0.2, -0.15) is 5.10 Å². The lowest BCUT2D eigenvalue weighted by molar-refractivity contribution is -0.0485. The lowest BCUT2D eigenvalue weighted by atomic mass is 10.1. The zero-order chi connectivity index (χ0) is 28.8. The number of hydrogen-bond acceptors (Lipinski definition) is 14. The Morgan fingerprint density at radius 3 is 2.41 bits per heavy atom. The maximum Gasteiger partial charge on any atom is 0.341 e. The van der Waals surface area contributed by atoms with Crippen molar-refractivity contribution in [2.75, 3.05) is 31.1 Å². The average molecular weight is 597 g/mol. The van der Waals surface area contributed by atoms with Gasteiger partial charge < -0.3 is 25.0 Å². The fraction of sp³-hybridized carbons (Fsp3) is 0.269. The summed E-state index contributed by atoms with van der Waals surface area (Å²) in [7, 11) is 0. The van der Waals surface area contributed by atoms with Gasteiger partial charge in [0.25, 0.3) is 5.91 Å². The van der Waals surface area contributed by atoms with Gasteiger partial charge in [-0.25, -0.2) is 9.80 Å². The van der Waals surface area contributed by atoms with Gasteiger partial charge in [0.2, 0.25) is 5.13 Å². The summed E-state index contributed by atoms with van der Waals surface area (Å²) >= 11 is 2.25. The van der Waals surface area contributed by atoms with E-state index >= 15 is 0 Å². The molecule has 1 aliphatic rings. The van der Waals surface area contributed by atoms with Crippen LogP contribution in [0.3, 0.4) is 0 Å². The highest BCUT2D eigenvalue weighted by Crippen LogP contribution is 2.37. The van der Waals surface area contributed by atoms with Crippen LogP contribution in [-0.2, 0) is 4.74 Å². The third kappa shape index (κ3) is 6.34. The minimum atomic E-state index is -1.64. The molecule has 41 heavy (non-hydrogen) atoms. The number of nitrogens with two attached hydrogens (primary N) is 3. The Kier molecular flexibility index (Phi) is 8.80. The Hall–Kier alpha value is -4.02. The first-order chi connectivity index (χ1) is 19.9. The van der Waals surface area contributed by atoms with E-state index in [0.717, 1.165) is 11.8 Å². The summed E-state index contributed by atoms with van der Waals surface area (Å²) in [6.45, 7) is 1.44.